The molecule has 0 spiro atoms. The van der Waals surface area contributed by atoms with E-state index in [1.807, 2.05) is 18.2 Å². The number of aryl methyl sites for hydroxylation is 1. The lowest BCUT2D eigenvalue weighted by Gasteiger charge is -2.22. The van der Waals surface area contributed by atoms with Crippen molar-refractivity contribution < 1.29 is 29.0 Å². The predicted octanol–water partition coefficient (Wildman–Crippen LogP) is 2.16. The lowest BCUT2D eigenvalue weighted by Crippen LogP contribution is -2.39. The molecule has 5 N–H and O–H groups in total. The van der Waals surface area contributed by atoms with E-state index in [0.29, 0.717) is 31.1 Å². The number of benzene rings is 2. The first-order valence-corrected chi connectivity index (χ1v) is 10.5. The number of hydroxylamine groups is 1. The minimum absolute atomic E-state index is 0.117. The van der Waals surface area contributed by atoms with Gasteiger partial charge in [0.25, 0.3) is 5.91 Å². The van der Waals surface area contributed by atoms with Crippen molar-refractivity contribution in [1.29, 1.82) is 0 Å². The SMILES string of the molecule is COc1cc2cc(c1)COc1ccccc1NC(=O)C(C[C@@H](N)CC(=O)NO)OCCC2. The molecule has 2 aromatic rings. The van der Waals surface area contributed by atoms with Crippen molar-refractivity contribution in [3.05, 3.63) is 53.6 Å². The van der Waals surface area contributed by atoms with Gasteiger partial charge in [0, 0.05) is 19.1 Å². The Labute approximate surface area is 186 Å². The third-order valence-electron chi connectivity index (χ3n) is 5.11. The zero-order valence-corrected chi connectivity index (χ0v) is 18.0. The summed E-state index contributed by atoms with van der Waals surface area (Å²) in [6.07, 6.45) is 0.531. The molecule has 172 valence electrons. The monoisotopic (exact) mass is 443 g/mol. The summed E-state index contributed by atoms with van der Waals surface area (Å²) in [6.45, 7) is 0.653. The summed E-state index contributed by atoms with van der Waals surface area (Å²) in [4.78, 5) is 24.4. The van der Waals surface area contributed by atoms with Gasteiger partial charge in [0.15, 0.2) is 0 Å². The topological polar surface area (TPSA) is 132 Å². The van der Waals surface area contributed by atoms with E-state index in [4.69, 9.17) is 25.2 Å². The molecule has 0 radical (unpaired) electrons. The third kappa shape index (κ3) is 6.68. The number of amides is 2. The summed E-state index contributed by atoms with van der Waals surface area (Å²) >= 11 is 0. The van der Waals surface area contributed by atoms with Gasteiger partial charge in [-0.05, 0) is 54.7 Å². The van der Waals surface area contributed by atoms with Crippen LogP contribution < -0.4 is 26.0 Å². The van der Waals surface area contributed by atoms with Crippen LogP contribution in [0, 0.1) is 0 Å². The summed E-state index contributed by atoms with van der Waals surface area (Å²) in [6, 6.07) is 12.4. The molecule has 2 amide bonds. The lowest BCUT2D eigenvalue weighted by atomic mass is 10.0. The number of ether oxygens (including phenoxy) is 3. The molecule has 9 heteroatoms. The van der Waals surface area contributed by atoms with Crippen molar-refractivity contribution in [3.63, 3.8) is 0 Å². The fourth-order valence-corrected chi connectivity index (χ4v) is 3.54. The molecule has 1 aliphatic rings. The van der Waals surface area contributed by atoms with E-state index < -0.39 is 18.1 Å². The smallest absolute Gasteiger partial charge is 0.253 e. The number of nitrogens with two attached hydrogens (primary N) is 1. The van der Waals surface area contributed by atoms with Crippen molar-refractivity contribution in [2.75, 3.05) is 19.0 Å². The van der Waals surface area contributed by atoms with Gasteiger partial charge in [-0.3, -0.25) is 14.8 Å². The molecule has 0 saturated heterocycles. The van der Waals surface area contributed by atoms with Crippen LogP contribution in [0.5, 0.6) is 11.5 Å². The highest BCUT2D eigenvalue weighted by Crippen LogP contribution is 2.27. The van der Waals surface area contributed by atoms with Crippen LogP contribution in [0.25, 0.3) is 0 Å². The van der Waals surface area contributed by atoms with Crippen molar-refractivity contribution in [1.82, 2.24) is 5.48 Å². The van der Waals surface area contributed by atoms with E-state index in [9.17, 15) is 9.59 Å². The summed E-state index contributed by atoms with van der Waals surface area (Å²) in [7, 11) is 1.63. The van der Waals surface area contributed by atoms with Crippen LogP contribution in [0.15, 0.2) is 42.5 Å². The maximum Gasteiger partial charge on any atom is 0.253 e. The normalized spacial score (nSPS) is 17.7. The van der Waals surface area contributed by atoms with Crippen LogP contribution in [0.2, 0.25) is 0 Å². The fraction of sp³-hybridized carbons (Fsp3) is 0.391. The fourth-order valence-electron chi connectivity index (χ4n) is 3.54. The summed E-state index contributed by atoms with van der Waals surface area (Å²) < 4.78 is 17.3. The van der Waals surface area contributed by atoms with Gasteiger partial charge < -0.3 is 25.3 Å². The molecule has 0 aromatic heterocycles. The summed E-state index contributed by atoms with van der Waals surface area (Å²) in [5.41, 5.74) is 10.1. The number of carbonyl (C=O) groups excluding carboxylic acids is 2. The standard InChI is InChI=1S/C23H29N3O6/c1-30-18-10-15-5-4-8-31-21(12-17(24)13-22(27)26-29)23(28)25-19-6-2-3-7-20(19)32-14-16(9-15)11-18/h2-3,6-7,9-11,17,21,29H,4-5,8,12-14,24H2,1H3,(H,25,28)(H,26,27)/t17-,21?/m1/s1. The second-order valence-electron chi connectivity index (χ2n) is 7.66. The van der Waals surface area contributed by atoms with Gasteiger partial charge >= 0.3 is 0 Å². The van der Waals surface area contributed by atoms with Gasteiger partial charge in [0.05, 0.1) is 12.8 Å². The molecule has 3 rings (SSSR count). The average molecular weight is 444 g/mol. The second kappa shape index (κ2) is 11.5. The molecule has 0 fully saturated rings. The Bertz CT molecular complexity index is 936. The Morgan fingerprint density at radius 3 is 2.88 bits per heavy atom. The number of fused-ring (bicyclic) bond motifs is 3. The molecule has 2 bridgehead atoms. The predicted molar refractivity (Wildman–Crippen MR) is 118 cm³/mol. The lowest BCUT2D eigenvalue weighted by molar-refractivity contribution is -0.131. The van der Waals surface area contributed by atoms with Crippen LogP contribution >= 0.6 is 0 Å². The van der Waals surface area contributed by atoms with Crippen molar-refractivity contribution in [2.24, 2.45) is 5.73 Å². The Hall–Kier alpha value is -3.14. The number of hydrogen-bond acceptors (Lipinski definition) is 7. The van der Waals surface area contributed by atoms with Gasteiger partial charge in [-0.1, -0.05) is 18.2 Å². The summed E-state index contributed by atoms with van der Waals surface area (Å²) in [5.74, 6) is 0.274. The number of anilines is 1. The van der Waals surface area contributed by atoms with Gasteiger partial charge in [-0.2, -0.15) is 0 Å². The van der Waals surface area contributed by atoms with Crippen LogP contribution in [0.1, 0.15) is 30.4 Å². The van der Waals surface area contributed by atoms with Crippen LogP contribution in [-0.2, 0) is 27.4 Å². The van der Waals surface area contributed by atoms with Crippen molar-refractivity contribution in [3.8, 4) is 11.5 Å². The zero-order valence-electron chi connectivity index (χ0n) is 18.0. The number of nitrogens with one attached hydrogen (secondary N) is 2. The van der Waals surface area contributed by atoms with E-state index in [1.165, 1.54) is 0 Å². The van der Waals surface area contributed by atoms with E-state index in [-0.39, 0.29) is 18.7 Å². The number of rotatable bonds is 5. The quantitative estimate of drug-likeness (QED) is 0.411. The Balaban J connectivity index is 1.83. The Morgan fingerprint density at radius 1 is 1.31 bits per heavy atom. The van der Waals surface area contributed by atoms with E-state index >= 15 is 0 Å². The number of carbonyl (C=O) groups is 2. The number of methoxy groups -OCH3 is 1. The first-order valence-electron chi connectivity index (χ1n) is 10.5. The van der Waals surface area contributed by atoms with Crippen LogP contribution in [0.3, 0.4) is 0 Å². The van der Waals surface area contributed by atoms with Crippen molar-refractivity contribution in [2.45, 2.75) is 44.4 Å². The molecule has 9 nitrogen and oxygen atoms in total. The highest BCUT2D eigenvalue weighted by atomic mass is 16.5. The van der Waals surface area contributed by atoms with Crippen molar-refractivity contribution >= 4 is 17.5 Å². The van der Waals surface area contributed by atoms with Gasteiger partial charge in [-0.25, -0.2) is 5.48 Å². The Kier molecular flexibility index (Phi) is 8.43. The molecule has 1 heterocycles. The largest absolute Gasteiger partial charge is 0.497 e. The minimum atomic E-state index is -0.867. The van der Waals surface area contributed by atoms with E-state index in [0.717, 1.165) is 23.3 Å². The molecule has 0 aliphatic carbocycles. The maximum absolute atomic E-state index is 13.0. The highest BCUT2D eigenvalue weighted by molar-refractivity contribution is 5.95. The maximum atomic E-state index is 13.0. The summed E-state index contributed by atoms with van der Waals surface area (Å²) in [5, 5.41) is 11.6. The minimum Gasteiger partial charge on any atom is -0.497 e. The average Bonchev–Trinajstić information content (AvgIpc) is 2.79. The number of para-hydroxylation sites is 2. The van der Waals surface area contributed by atoms with Crippen LogP contribution in [0.4, 0.5) is 5.69 Å². The van der Waals surface area contributed by atoms with Gasteiger partial charge in [0.1, 0.15) is 24.2 Å². The first-order chi connectivity index (χ1) is 15.5. The molecule has 2 aromatic carbocycles. The van der Waals surface area contributed by atoms with E-state index in [1.54, 1.807) is 30.8 Å². The molecule has 1 unspecified atom stereocenters. The zero-order chi connectivity index (χ0) is 22.9. The second-order valence-corrected chi connectivity index (χ2v) is 7.66. The Morgan fingerprint density at radius 2 is 2.09 bits per heavy atom. The molecule has 2 atom stereocenters. The number of hydrogen-bond donors (Lipinski definition) is 4. The molecule has 1 aliphatic heterocycles. The molecular formula is C23H29N3O6. The van der Waals surface area contributed by atoms with Gasteiger partial charge in [-0.15, -0.1) is 0 Å². The third-order valence-corrected chi connectivity index (χ3v) is 5.11. The molecule has 0 saturated carbocycles. The van der Waals surface area contributed by atoms with Crippen LogP contribution in [-0.4, -0.2) is 42.9 Å². The highest BCUT2D eigenvalue weighted by Gasteiger charge is 2.24. The molecular weight excluding hydrogens is 414 g/mol. The van der Waals surface area contributed by atoms with E-state index in [2.05, 4.69) is 11.4 Å². The van der Waals surface area contributed by atoms with Gasteiger partial charge in [0.2, 0.25) is 5.91 Å². The first kappa shape index (κ1) is 23.5. The molecule has 32 heavy (non-hydrogen) atoms.